The lowest BCUT2D eigenvalue weighted by Gasteiger charge is -2.21. The molecule has 0 aromatic heterocycles. The van der Waals surface area contributed by atoms with Crippen molar-refractivity contribution in [2.24, 2.45) is 0 Å². The number of carbonyl (C=O) groups excluding carboxylic acids is 3. The molecule has 1 aliphatic rings. The number of phenols is 1. The van der Waals surface area contributed by atoms with E-state index in [0.717, 1.165) is 62.0 Å². The zero-order chi connectivity index (χ0) is 30.5. The van der Waals surface area contributed by atoms with E-state index in [1.165, 1.54) is 24.9 Å². The maximum absolute atomic E-state index is 12.6. The Morgan fingerprint density at radius 2 is 1.76 bits per heavy atom. The van der Waals surface area contributed by atoms with Crippen LogP contribution in [-0.4, -0.2) is 77.7 Å². The number of aryl methyl sites for hydroxylation is 1. The summed E-state index contributed by atoms with van der Waals surface area (Å²) in [5.41, 5.74) is 2.59. The Balaban J connectivity index is 1.23. The van der Waals surface area contributed by atoms with Crippen molar-refractivity contribution in [2.45, 2.75) is 70.8 Å². The SMILES string of the molecule is CC(=O)OC1C(=O)N(C)C(=O)N1c1cccc(CCCCOCCCCCCNC[C@H](O)c2ccc(O)c(CO)c2)c1. The predicted octanol–water partition coefficient (Wildman–Crippen LogP) is 3.40. The third kappa shape index (κ3) is 9.52. The standard InChI is InChI=1S/C31H43N3O8/c1-22(36)42-30-29(39)33(2)31(40)34(30)26-12-9-11-23(18-26)10-5-8-17-41-16-7-4-3-6-15-32-20-28(38)24-13-14-27(37)25(19-24)21-35/h9,11-14,18-19,28,30,32,35,37-38H,3-8,10,15-17,20-21H2,1-2H3/t28-,30?/m0/s1. The minimum absolute atomic E-state index is 0.0235. The highest BCUT2D eigenvalue weighted by molar-refractivity contribution is 6.13. The van der Waals surface area contributed by atoms with Gasteiger partial charge in [-0.1, -0.05) is 31.0 Å². The van der Waals surface area contributed by atoms with E-state index in [9.17, 15) is 29.7 Å². The Morgan fingerprint density at radius 1 is 1.02 bits per heavy atom. The summed E-state index contributed by atoms with van der Waals surface area (Å²) in [6, 6.07) is 11.6. The number of nitrogens with one attached hydrogen (secondary N) is 1. The van der Waals surface area contributed by atoms with Crippen LogP contribution >= 0.6 is 0 Å². The number of imide groups is 1. The molecule has 1 unspecified atom stereocenters. The number of urea groups is 1. The third-order valence-corrected chi connectivity index (χ3v) is 7.13. The topological polar surface area (TPSA) is 149 Å². The molecule has 0 bridgehead atoms. The molecular weight excluding hydrogens is 542 g/mol. The minimum atomic E-state index is -1.29. The minimum Gasteiger partial charge on any atom is -0.508 e. The molecule has 11 nitrogen and oxygen atoms in total. The van der Waals surface area contributed by atoms with Crippen molar-refractivity contribution in [3.05, 3.63) is 59.2 Å². The van der Waals surface area contributed by atoms with Gasteiger partial charge in [0.15, 0.2) is 0 Å². The average Bonchev–Trinajstić information content (AvgIpc) is 3.18. The number of nitrogens with zero attached hydrogens (tertiary/aromatic N) is 2. The van der Waals surface area contributed by atoms with Crippen molar-refractivity contribution in [3.63, 3.8) is 0 Å². The van der Waals surface area contributed by atoms with Gasteiger partial charge in [-0.15, -0.1) is 0 Å². The van der Waals surface area contributed by atoms with Crippen molar-refractivity contribution in [2.75, 3.05) is 38.3 Å². The van der Waals surface area contributed by atoms with Gasteiger partial charge in [-0.2, -0.15) is 0 Å². The van der Waals surface area contributed by atoms with Gasteiger partial charge in [0, 0.05) is 45.0 Å². The van der Waals surface area contributed by atoms with Crippen molar-refractivity contribution in [1.29, 1.82) is 0 Å². The summed E-state index contributed by atoms with van der Waals surface area (Å²) < 4.78 is 10.9. The molecule has 2 aromatic rings. The lowest BCUT2D eigenvalue weighted by Crippen LogP contribution is -2.38. The number of esters is 1. The first kappa shape index (κ1) is 33.0. The van der Waals surface area contributed by atoms with Crippen LogP contribution in [0.2, 0.25) is 0 Å². The smallest absolute Gasteiger partial charge is 0.334 e. The van der Waals surface area contributed by atoms with E-state index in [1.807, 2.05) is 18.2 Å². The van der Waals surface area contributed by atoms with Crippen LogP contribution in [0, 0.1) is 0 Å². The number of hydrogen-bond acceptors (Lipinski definition) is 9. The number of rotatable bonds is 18. The number of likely N-dealkylation sites (N-methyl/N-ethyl adjacent to an activating group) is 1. The number of anilines is 1. The summed E-state index contributed by atoms with van der Waals surface area (Å²) in [6.45, 7) is 3.53. The summed E-state index contributed by atoms with van der Waals surface area (Å²) in [5.74, 6) is -1.18. The molecule has 3 amide bonds. The van der Waals surface area contributed by atoms with Gasteiger partial charge in [-0.25, -0.2) is 9.69 Å². The fourth-order valence-electron chi connectivity index (χ4n) is 4.74. The monoisotopic (exact) mass is 585 g/mol. The fraction of sp³-hybridized carbons (Fsp3) is 0.516. The maximum Gasteiger partial charge on any atom is 0.334 e. The molecule has 1 fully saturated rings. The Labute approximate surface area is 247 Å². The Morgan fingerprint density at radius 3 is 2.50 bits per heavy atom. The van der Waals surface area contributed by atoms with E-state index < -0.39 is 30.2 Å². The van der Waals surface area contributed by atoms with Crippen LogP contribution in [0.1, 0.15) is 68.2 Å². The first-order valence-electron chi connectivity index (χ1n) is 14.5. The van der Waals surface area contributed by atoms with Gasteiger partial charge in [0.1, 0.15) is 5.75 Å². The van der Waals surface area contributed by atoms with E-state index in [1.54, 1.807) is 18.2 Å². The van der Waals surface area contributed by atoms with Crippen LogP contribution in [0.15, 0.2) is 42.5 Å². The fourth-order valence-corrected chi connectivity index (χ4v) is 4.74. The van der Waals surface area contributed by atoms with E-state index in [2.05, 4.69) is 5.32 Å². The summed E-state index contributed by atoms with van der Waals surface area (Å²) in [5, 5.41) is 32.4. The molecule has 3 rings (SSSR count). The molecule has 0 radical (unpaired) electrons. The van der Waals surface area contributed by atoms with Crippen LogP contribution < -0.4 is 10.2 Å². The molecule has 1 saturated heterocycles. The van der Waals surface area contributed by atoms with Gasteiger partial charge in [0.25, 0.3) is 12.1 Å². The summed E-state index contributed by atoms with van der Waals surface area (Å²) >= 11 is 0. The molecule has 42 heavy (non-hydrogen) atoms. The number of aliphatic hydroxyl groups excluding tert-OH is 2. The van der Waals surface area contributed by atoms with Gasteiger partial charge in [0.05, 0.1) is 12.7 Å². The normalized spacial score (nSPS) is 15.9. The highest BCUT2D eigenvalue weighted by Gasteiger charge is 2.46. The molecule has 11 heteroatoms. The Kier molecular flexibility index (Phi) is 13.2. The molecular formula is C31H43N3O8. The van der Waals surface area contributed by atoms with Crippen LogP contribution in [-0.2, 0) is 32.1 Å². The van der Waals surface area contributed by atoms with Crippen LogP contribution in [0.4, 0.5) is 10.5 Å². The summed E-state index contributed by atoms with van der Waals surface area (Å²) in [4.78, 5) is 38.6. The lowest BCUT2D eigenvalue weighted by molar-refractivity contribution is -0.153. The van der Waals surface area contributed by atoms with E-state index in [-0.39, 0.29) is 12.4 Å². The van der Waals surface area contributed by atoms with Crippen molar-refractivity contribution in [1.82, 2.24) is 10.2 Å². The first-order valence-corrected chi connectivity index (χ1v) is 14.5. The van der Waals surface area contributed by atoms with E-state index in [4.69, 9.17) is 9.47 Å². The molecule has 0 saturated carbocycles. The van der Waals surface area contributed by atoms with Crippen LogP contribution in [0.3, 0.4) is 0 Å². The second kappa shape index (κ2) is 16.8. The second-order valence-corrected chi connectivity index (χ2v) is 10.4. The molecule has 230 valence electrons. The number of carbonyl (C=O) groups is 3. The third-order valence-electron chi connectivity index (χ3n) is 7.13. The van der Waals surface area contributed by atoms with Gasteiger partial charge in [-0.05, 0) is 74.0 Å². The number of benzene rings is 2. The van der Waals surface area contributed by atoms with Crippen LogP contribution in [0.25, 0.3) is 0 Å². The van der Waals surface area contributed by atoms with Crippen LogP contribution in [0.5, 0.6) is 5.75 Å². The molecule has 1 heterocycles. The van der Waals surface area contributed by atoms with Gasteiger partial charge < -0.3 is 30.1 Å². The van der Waals surface area contributed by atoms with Crippen molar-refractivity contribution >= 4 is 23.6 Å². The predicted molar refractivity (Wildman–Crippen MR) is 157 cm³/mol. The first-order chi connectivity index (χ1) is 20.2. The molecule has 1 aliphatic heterocycles. The summed E-state index contributed by atoms with van der Waals surface area (Å²) in [7, 11) is 1.37. The summed E-state index contributed by atoms with van der Waals surface area (Å²) in [6.07, 6.45) is 4.73. The quantitative estimate of drug-likeness (QED) is 0.117. The van der Waals surface area contributed by atoms with E-state index in [0.29, 0.717) is 36.6 Å². The van der Waals surface area contributed by atoms with E-state index >= 15 is 0 Å². The number of hydrogen-bond donors (Lipinski definition) is 4. The molecule has 2 aromatic carbocycles. The largest absolute Gasteiger partial charge is 0.508 e. The number of amides is 3. The zero-order valence-corrected chi connectivity index (χ0v) is 24.5. The highest BCUT2D eigenvalue weighted by Crippen LogP contribution is 2.27. The van der Waals surface area contributed by atoms with Gasteiger partial charge in [0.2, 0.25) is 0 Å². The number of aliphatic hydroxyl groups is 2. The van der Waals surface area contributed by atoms with Crippen molar-refractivity contribution in [3.8, 4) is 5.75 Å². The highest BCUT2D eigenvalue weighted by atomic mass is 16.6. The zero-order valence-electron chi connectivity index (χ0n) is 24.5. The second-order valence-electron chi connectivity index (χ2n) is 10.4. The maximum atomic E-state index is 12.6. The molecule has 0 spiro atoms. The number of ether oxygens (including phenoxy) is 2. The number of unbranched alkanes of at least 4 members (excludes halogenated alkanes) is 4. The van der Waals surface area contributed by atoms with Gasteiger partial charge >= 0.3 is 12.0 Å². The Hall–Kier alpha value is -3.51. The molecule has 4 N–H and O–H groups in total. The number of aromatic hydroxyl groups is 1. The Bertz CT molecular complexity index is 1190. The van der Waals surface area contributed by atoms with Crippen molar-refractivity contribution < 1.29 is 39.2 Å². The lowest BCUT2D eigenvalue weighted by atomic mass is 10.1. The molecule has 0 aliphatic carbocycles. The molecule has 2 atom stereocenters. The van der Waals surface area contributed by atoms with Gasteiger partial charge in [-0.3, -0.25) is 14.5 Å². The average molecular weight is 586 g/mol.